The standard InChI is InChI=1S/C38H30BrN3O2/c1-38(2,3)26-20-22-40-31(23-26)25-14-16-27(17-15-25)43-34-11-8-12-35(37(34)39)44-28-18-19-33-30(24-28)29-9-4-5-10-32(29)42(33)36-13-6-7-21-41-36/h4-24H,1-3H3. The first kappa shape index (κ1) is 27.9. The van der Waals surface area contributed by atoms with E-state index in [1.54, 1.807) is 0 Å². The number of pyridine rings is 2. The number of benzene rings is 4. The van der Waals surface area contributed by atoms with Crippen LogP contribution >= 0.6 is 15.9 Å². The molecule has 0 aliphatic carbocycles. The molecule has 0 atom stereocenters. The van der Waals surface area contributed by atoms with Gasteiger partial charge < -0.3 is 9.47 Å². The van der Waals surface area contributed by atoms with Gasteiger partial charge in [0.2, 0.25) is 0 Å². The predicted octanol–water partition coefficient (Wildman–Crippen LogP) is 10.9. The van der Waals surface area contributed by atoms with Crippen LogP contribution in [0, 0.1) is 0 Å². The van der Waals surface area contributed by atoms with E-state index in [-0.39, 0.29) is 5.41 Å². The molecule has 4 aromatic carbocycles. The van der Waals surface area contributed by atoms with Gasteiger partial charge in [0, 0.05) is 28.7 Å². The molecule has 44 heavy (non-hydrogen) atoms. The van der Waals surface area contributed by atoms with Crippen LogP contribution in [-0.4, -0.2) is 14.5 Å². The van der Waals surface area contributed by atoms with Gasteiger partial charge in [-0.3, -0.25) is 9.55 Å². The van der Waals surface area contributed by atoms with Crippen molar-refractivity contribution in [3.05, 3.63) is 138 Å². The molecule has 0 unspecified atom stereocenters. The average Bonchev–Trinajstić information content (AvgIpc) is 3.37. The first-order chi connectivity index (χ1) is 21.3. The van der Waals surface area contributed by atoms with Crippen LogP contribution < -0.4 is 9.47 Å². The Hall–Kier alpha value is -4.94. The molecule has 0 saturated heterocycles. The van der Waals surface area contributed by atoms with Gasteiger partial charge in [0.25, 0.3) is 0 Å². The van der Waals surface area contributed by atoms with Crippen molar-refractivity contribution in [2.75, 3.05) is 0 Å². The minimum atomic E-state index is 0.0599. The third kappa shape index (κ3) is 5.33. The molecule has 0 N–H and O–H groups in total. The lowest BCUT2D eigenvalue weighted by Crippen LogP contribution is -2.11. The molecule has 0 bridgehead atoms. The molecule has 0 aliphatic rings. The van der Waals surface area contributed by atoms with Crippen LogP contribution in [0.1, 0.15) is 26.3 Å². The molecule has 3 heterocycles. The Morgan fingerprint density at radius 3 is 2.07 bits per heavy atom. The van der Waals surface area contributed by atoms with Gasteiger partial charge in [-0.2, -0.15) is 0 Å². The monoisotopic (exact) mass is 639 g/mol. The van der Waals surface area contributed by atoms with Gasteiger partial charge in [-0.05, 0) is 112 Å². The lowest BCUT2D eigenvalue weighted by Gasteiger charge is -2.19. The molecule has 0 saturated carbocycles. The average molecular weight is 641 g/mol. The zero-order valence-electron chi connectivity index (χ0n) is 24.7. The molecule has 7 aromatic rings. The fraction of sp³-hybridized carbons (Fsp3) is 0.105. The SMILES string of the molecule is CC(C)(C)c1ccnc(-c2ccc(Oc3cccc(Oc4ccc5c(c4)c4ccccc4n5-c4ccccn4)c3Br)cc2)c1. The van der Waals surface area contributed by atoms with E-state index >= 15 is 0 Å². The number of fused-ring (bicyclic) bond motifs is 3. The normalized spacial score (nSPS) is 11.6. The molecule has 0 spiro atoms. The summed E-state index contributed by atoms with van der Waals surface area (Å²) in [4.78, 5) is 9.19. The maximum atomic E-state index is 6.42. The largest absolute Gasteiger partial charge is 0.456 e. The summed E-state index contributed by atoms with van der Waals surface area (Å²) >= 11 is 3.73. The highest BCUT2D eigenvalue weighted by Crippen LogP contribution is 2.41. The van der Waals surface area contributed by atoms with E-state index in [2.05, 4.69) is 99.8 Å². The molecule has 0 amide bonds. The topological polar surface area (TPSA) is 49.2 Å². The molecular weight excluding hydrogens is 610 g/mol. The fourth-order valence-electron chi connectivity index (χ4n) is 5.40. The number of hydrogen-bond acceptors (Lipinski definition) is 4. The van der Waals surface area contributed by atoms with Crippen molar-refractivity contribution in [1.82, 2.24) is 14.5 Å². The first-order valence-corrected chi connectivity index (χ1v) is 15.3. The van der Waals surface area contributed by atoms with Crippen LogP contribution in [0.4, 0.5) is 0 Å². The van der Waals surface area contributed by atoms with E-state index in [1.807, 2.05) is 79.1 Å². The minimum absolute atomic E-state index is 0.0599. The molecule has 7 rings (SSSR count). The number of rotatable bonds is 6. The van der Waals surface area contributed by atoms with E-state index in [1.165, 1.54) is 5.56 Å². The highest BCUT2D eigenvalue weighted by atomic mass is 79.9. The number of aromatic nitrogens is 3. The van der Waals surface area contributed by atoms with E-state index < -0.39 is 0 Å². The summed E-state index contributed by atoms with van der Waals surface area (Å²) in [5.74, 6) is 3.66. The van der Waals surface area contributed by atoms with E-state index in [0.29, 0.717) is 11.5 Å². The van der Waals surface area contributed by atoms with Crippen molar-refractivity contribution >= 4 is 37.7 Å². The number of nitrogens with zero attached hydrogens (tertiary/aromatic N) is 3. The Morgan fingerprint density at radius 1 is 0.614 bits per heavy atom. The third-order valence-corrected chi connectivity index (χ3v) is 8.46. The molecule has 0 fully saturated rings. The van der Waals surface area contributed by atoms with Crippen LogP contribution in [0.15, 0.2) is 132 Å². The Balaban J connectivity index is 1.15. The second kappa shape index (κ2) is 11.3. The summed E-state index contributed by atoms with van der Waals surface area (Å²) in [5.41, 5.74) is 5.46. The van der Waals surface area contributed by atoms with Crippen molar-refractivity contribution < 1.29 is 9.47 Å². The summed E-state index contributed by atoms with van der Waals surface area (Å²) < 4.78 is 15.6. The van der Waals surface area contributed by atoms with Crippen LogP contribution in [0.2, 0.25) is 0 Å². The van der Waals surface area contributed by atoms with Gasteiger partial charge in [0.1, 0.15) is 33.3 Å². The number of ether oxygens (including phenoxy) is 2. The number of para-hydroxylation sites is 1. The van der Waals surface area contributed by atoms with Gasteiger partial charge >= 0.3 is 0 Å². The zero-order valence-corrected chi connectivity index (χ0v) is 26.2. The highest BCUT2D eigenvalue weighted by Gasteiger charge is 2.17. The molecule has 3 aromatic heterocycles. The predicted molar refractivity (Wildman–Crippen MR) is 181 cm³/mol. The van der Waals surface area contributed by atoms with Crippen LogP contribution in [-0.2, 0) is 5.41 Å². The summed E-state index contributed by atoms with van der Waals surface area (Å²) in [6, 6.07) is 38.5. The second-order valence-electron chi connectivity index (χ2n) is 11.7. The molecule has 216 valence electrons. The Kier molecular flexibility index (Phi) is 7.15. The smallest absolute Gasteiger partial charge is 0.145 e. The molecular formula is C38H30BrN3O2. The van der Waals surface area contributed by atoms with Gasteiger partial charge in [-0.1, -0.05) is 51.1 Å². The van der Waals surface area contributed by atoms with E-state index in [4.69, 9.17) is 9.47 Å². The Bertz CT molecular complexity index is 2110. The lowest BCUT2D eigenvalue weighted by molar-refractivity contribution is 0.455. The summed E-state index contributed by atoms with van der Waals surface area (Å²) in [5, 5.41) is 2.23. The summed E-state index contributed by atoms with van der Waals surface area (Å²) in [7, 11) is 0. The van der Waals surface area contributed by atoms with Gasteiger partial charge in [0.05, 0.1) is 16.7 Å². The van der Waals surface area contributed by atoms with Crippen molar-refractivity contribution in [2.45, 2.75) is 26.2 Å². The molecule has 5 nitrogen and oxygen atoms in total. The lowest BCUT2D eigenvalue weighted by atomic mass is 9.87. The zero-order chi connectivity index (χ0) is 30.3. The minimum Gasteiger partial charge on any atom is -0.456 e. The van der Waals surface area contributed by atoms with Crippen LogP contribution in [0.25, 0.3) is 38.9 Å². The number of hydrogen-bond donors (Lipinski definition) is 0. The van der Waals surface area contributed by atoms with Crippen molar-refractivity contribution in [2.24, 2.45) is 0 Å². The molecule has 0 aliphatic heterocycles. The number of halogens is 1. The van der Waals surface area contributed by atoms with E-state index in [0.717, 1.165) is 54.9 Å². The van der Waals surface area contributed by atoms with Gasteiger partial charge in [-0.15, -0.1) is 0 Å². The first-order valence-electron chi connectivity index (χ1n) is 14.5. The summed E-state index contributed by atoms with van der Waals surface area (Å²) in [6.07, 6.45) is 3.69. The summed E-state index contributed by atoms with van der Waals surface area (Å²) in [6.45, 7) is 6.62. The third-order valence-electron chi connectivity index (χ3n) is 7.68. The molecule has 0 radical (unpaired) electrons. The maximum absolute atomic E-state index is 6.42. The van der Waals surface area contributed by atoms with Crippen LogP contribution in [0.5, 0.6) is 23.0 Å². The van der Waals surface area contributed by atoms with Crippen molar-refractivity contribution in [1.29, 1.82) is 0 Å². The fourth-order valence-corrected chi connectivity index (χ4v) is 5.83. The van der Waals surface area contributed by atoms with Gasteiger partial charge in [0.15, 0.2) is 0 Å². The van der Waals surface area contributed by atoms with Gasteiger partial charge in [-0.25, -0.2) is 4.98 Å². The molecule has 6 heteroatoms. The highest BCUT2D eigenvalue weighted by molar-refractivity contribution is 9.10. The quantitative estimate of drug-likeness (QED) is 0.182. The Labute approximate surface area is 264 Å². The van der Waals surface area contributed by atoms with Crippen molar-refractivity contribution in [3.63, 3.8) is 0 Å². The second-order valence-corrected chi connectivity index (χ2v) is 12.5. The van der Waals surface area contributed by atoms with E-state index in [9.17, 15) is 0 Å². The van der Waals surface area contributed by atoms with Crippen molar-refractivity contribution in [3.8, 4) is 40.1 Å². The van der Waals surface area contributed by atoms with Crippen LogP contribution in [0.3, 0.4) is 0 Å². The Morgan fingerprint density at radius 2 is 1.32 bits per heavy atom. The maximum Gasteiger partial charge on any atom is 0.145 e.